The van der Waals surface area contributed by atoms with Crippen molar-refractivity contribution < 1.29 is 4.74 Å². The molecule has 4 heterocycles. The first-order chi connectivity index (χ1) is 19.2. The molecule has 0 unspecified atom stereocenters. The van der Waals surface area contributed by atoms with Gasteiger partial charge < -0.3 is 9.72 Å². The van der Waals surface area contributed by atoms with Crippen molar-refractivity contribution in [2.24, 2.45) is 0 Å². The zero-order chi connectivity index (χ0) is 26.6. The number of pyridine rings is 1. The van der Waals surface area contributed by atoms with Gasteiger partial charge in [-0.05, 0) is 75.8 Å². The van der Waals surface area contributed by atoms with E-state index in [0.29, 0.717) is 31.0 Å². The standard InChI is InChI=1S/C30H32N6O2S/c1-2-21-12-13-27-23(16-21)17-26(30(37)31-27)28(29-32-33-34-36(29)18-22-8-4-3-5-9-22)35(19-24-10-6-14-38-24)20-25-11-7-15-39-25/h3-5,7-9,11-13,15-17,24,28H,2,6,10,14,18-20H2,1H3,(H,31,37)/t24-,28+/m1/s1. The molecule has 2 atom stereocenters. The molecule has 1 saturated heterocycles. The number of nitrogens with zero attached hydrogens (tertiary/aromatic N) is 5. The van der Waals surface area contributed by atoms with Crippen molar-refractivity contribution in [3.63, 3.8) is 0 Å². The molecule has 5 aromatic rings. The maximum Gasteiger partial charge on any atom is 0.253 e. The Morgan fingerprint density at radius 3 is 2.79 bits per heavy atom. The van der Waals surface area contributed by atoms with Gasteiger partial charge in [-0.25, -0.2) is 4.68 Å². The fourth-order valence-corrected chi connectivity index (χ4v) is 6.11. The highest BCUT2D eigenvalue weighted by Crippen LogP contribution is 2.31. The first kappa shape index (κ1) is 25.6. The molecular weight excluding hydrogens is 508 g/mol. The van der Waals surface area contributed by atoms with Gasteiger partial charge in [0.25, 0.3) is 5.56 Å². The number of hydrogen-bond donors (Lipinski definition) is 1. The van der Waals surface area contributed by atoms with E-state index in [0.717, 1.165) is 42.3 Å². The Labute approximate surface area is 231 Å². The second kappa shape index (κ2) is 11.6. The van der Waals surface area contributed by atoms with Crippen molar-refractivity contribution in [2.45, 2.75) is 51.4 Å². The molecule has 0 saturated carbocycles. The predicted octanol–water partition coefficient (Wildman–Crippen LogP) is 4.96. The average molecular weight is 541 g/mol. The summed E-state index contributed by atoms with van der Waals surface area (Å²) >= 11 is 1.71. The molecule has 8 nitrogen and oxygen atoms in total. The predicted molar refractivity (Wildman–Crippen MR) is 153 cm³/mol. The summed E-state index contributed by atoms with van der Waals surface area (Å²) in [6.07, 6.45) is 3.06. The number of benzene rings is 2. The van der Waals surface area contributed by atoms with Crippen molar-refractivity contribution >= 4 is 22.2 Å². The highest BCUT2D eigenvalue weighted by atomic mass is 32.1. The number of aryl methyl sites for hydroxylation is 1. The van der Waals surface area contributed by atoms with E-state index >= 15 is 0 Å². The van der Waals surface area contributed by atoms with Gasteiger partial charge in [0, 0.05) is 35.7 Å². The van der Waals surface area contributed by atoms with E-state index in [9.17, 15) is 4.79 Å². The third-order valence-electron chi connectivity index (χ3n) is 7.39. The lowest BCUT2D eigenvalue weighted by molar-refractivity contribution is 0.0578. The Hall–Kier alpha value is -3.66. The lowest BCUT2D eigenvalue weighted by Crippen LogP contribution is -2.39. The number of fused-ring (bicyclic) bond motifs is 1. The summed E-state index contributed by atoms with van der Waals surface area (Å²) in [4.78, 5) is 20.4. The number of thiophene rings is 1. The van der Waals surface area contributed by atoms with Crippen LogP contribution in [0.2, 0.25) is 0 Å². The van der Waals surface area contributed by atoms with Gasteiger partial charge in [0.05, 0.1) is 12.6 Å². The van der Waals surface area contributed by atoms with E-state index < -0.39 is 6.04 Å². The third kappa shape index (κ3) is 5.71. The van der Waals surface area contributed by atoms with Gasteiger partial charge >= 0.3 is 0 Å². The highest BCUT2D eigenvalue weighted by Gasteiger charge is 2.33. The van der Waals surface area contributed by atoms with Crippen LogP contribution in [0, 0.1) is 0 Å². The number of hydrogen-bond acceptors (Lipinski definition) is 7. The van der Waals surface area contributed by atoms with E-state index in [1.54, 1.807) is 11.3 Å². The van der Waals surface area contributed by atoms with E-state index in [1.807, 2.05) is 35.0 Å². The van der Waals surface area contributed by atoms with Crippen LogP contribution >= 0.6 is 11.3 Å². The van der Waals surface area contributed by atoms with Gasteiger partial charge in [-0.1, -0.05) is 49.4 Å². The van der Waals surface area contributed by atoms with Crippen LogP contribution in [0.15, 0.2) is 76.9 Å². The van der Waals surface area contributed by atoms with Gasteiger partial charge in [0.15, 0.2) is 5.82 Å². The lowest BCUT2D eigenvalue weighted by Gasteiger charge is -2.32. The van der Waals surface area contributed by atoms with Crippen molar-refractivity contribution in [1.29, 1.82) is 0 Å². The molecule has 1 aliphatic heterocycles. The molecule has 6 rings (SSSR count). The smallest absolute Gasteiger partial charge is 0.253 e. The van der Waals surface area contributed by atoms with Crippen molar-refractivity contribution in [1.82, 2.24) is 30.1 Å². The molecule has 200 valence electrons. The SMILES string of the molecule is CCc1ccc2[nH]c(=O)c([C@@H](c3nnnn3Cc3ccccc3)N(Cc3cccs3)C[C@H]3CCCO3)cc2c1. The van der Waals surface area contributed by atoms with Crippen LogP contribution in [0.1, 0.15) is 53.2 Å². The summed E-state index contributed by atoms with van der Waals surface area (Å²) in [5.41, 5.74) is 3.64. The summed E-state index contributed by atoms with van der Waals surface area (Å²) < 4.78 is 7.90. The van der Waals surface area contributed by atoms with Crippen LogP contribution in [-0.2, 0) is 24.2 Å². The molecule has 3 aromatic heterocycles. The van der Waals surface area contributed by atoms with Gasteiger partial charge in [0.1, 0.15) is 6.04 Å². The minimum Gasteiger partial charge on any atom is -0.377 e. The lowest BCUT2D eigenvalue weighted by atomic mass is 10.0. The Bertz CT molecular complexity index is 1570. The summed E-state index contributed by atoms with van der Waals surface area (Å²) in [6.45, 7) is 4.75. The Morgan fingerprint density at radius 2 is 2.03 bits per heavy atom. The van der Waals surface area contributed by atoms with Crippen molar-refractivity contribution in [3.05, 3.63) is 110 Å². The number of aromatic amines is 1. The fraction of sp³-hybridized carbons (Fsp3) is 0.333. The molecular formula is C30H32N6O2S. The molecule has 1 N–H and O–H groups in total. The minimum absolute atomic E-state index is 0.0946. The first-order valence-corrected chi connectivity index (χ1v) is 14.4. The van der Waals surface area contributed by atoms with Gasteiger partial charge in [-0.3, -0.25) is 9.69 Å². The number of H-pyrrole nitrogens is 1. The molecule has 0 bridgehead atoms. The second-order valence-corrected chi connectivity index (χ2v) is 11.1. The monoisotopic (exact) mass is 540 g/mol. The largest absolute Gasteiger partial charge is 0.377 e. The number of rotatable bonds is 10. The molecule has 0 aliphatic carbocycles. The number of nitrogens with one attached hydrogen (secondary N) is 1. The van der Waals surface area contributed by atoms with E-state index in [4.69, 9.17) is 4.74 Å². The number of ether oxygens (including phenoxy) is 1. The average Bonchev–Trinajstić information content (AvgIpc) is 3.74. The van der Waals surface area contributed by atoms with Crippen molar-refractivity contribution in [3.8, 4) is 0 Å². The van der Waals surface area contributed by atoms with E-state index in [2.05, 4.69) is 74.1 Å². The molecule has 2 aromatic carbocycles. The van der Waals surface area contributed by atoms with E-state index in [-0.39, 0.29) is 11.7 Å². The van der Waals surface area contributed by atoms with Crippen molar-refractivity contribution in [2.75, 3.05) is 13.2 Å². The van der Waals surface area contributed by atoms with Gasteiger partial charge in [0.2, 0.25) is 0 Å². The number of tetrazole rings is 1. The second-order valence-electron chi connectivity index (χ2n) is 10.1. The zero-order valence-corrected chi connectivity index (χ0v) is 22.8. The molecule has 0 amide bonds. The summed E-state index contributed by atoms with van der Waals surface area (Å²) in [5.74, 6) is 0.643. The third-order valence-corrected chi connectivity index (χ3v) is 8.25. The quantitative estimate of drug-likeness (QED) is 0.269. The fourth-order valence-electron chi connectivity index (χ4n) is 5.39. The van der Waals surface area contributed by atoms with Gasteiger partial charge in [-0.15, -0.1) is 16.4 Å². The summed E-state index contributed by atoms with van der Waals surface area (Å²) in [7, 11) is 0. The maximum atomic E-state index is 13.7. The van der Waals surface area contributed by atoms with Crippen LogP contribution in [0.4, 0.5) is 0 Å². The Balaban J connectivity index is 1.50. The van der Waals surface area contributed by atoms with Crippen LogP contribution in [0.5, 0.6) is 0 Å². The normalized spacial score (nSPS) is 16.3. The highest BCUT2D eigenvalue weighted by molar-refractivity contribution is 7.09. The first-order valence-electron chi connectivity index (χ1n) is 13.5. The summed E-state index contributed by atoms with van der Waals surface area (Å²) in [6, 6.07) is 22.1. The van der Waals surface area contributed by atoms with E-state index in [1.165, 1.54) is 10.4 Å². The van der Waals surface area contributed by atoms with Crippen LogP contribution in [-0.4, -0.2) is 49.3 Å². The van der Waals surface area contributed by atoms with Gasteiger partial charge in [-0.2, -0.15) is 0 Å². The maximum absolute atomic E-state index is 13.7. The molecule has 1 fully saturated rings. The molecule has 1 aliphatic rings. The van der Waals surface area contributed by atoms with Crippen LogP contribution in [0.3, 0.4) is 0 Å². The summed E-state index contributed by atoms with van der Waals surface area (Å²) in [5, 5.41) is 16.1. The van der Waals surface area contributed by atoms with Crippen LogP contribution < -0.4 is 5.56 Å². The minimum atomic E-state index is -0.464. The number of aromatic nitrogens is 5. The molecule has 9 heteroatoms. The topological polar surface area (TPSA) is 88.9 Å². The molecule has 0 radical (unpaired) electrons. The van der Waals surface area contributed by atoms with Crippen LogP contribution in [0.25, 0.3) is 10.9 Å². The zero-order valence-electron chi connectivity index (χ0n) is 22.0. The molecule has 0 spiro atoms. The Kier molecular flexibility index (Phi) is 7.62. The Morgan fingerprint density at radius 1 is 1.13 bits per heavy atom. The molecule has 39 heavy (non-hydrogen) atoms.